The van der Waals surface area contributed by atoms with Crippen LogP contribution in [0.4, 0.5) is 10.1 Å². The summed E-state index contributed by atoms with van der Waals surface area (Å²) in [6.45, 7) is 6.11. The molecular formula is C20H19FN4O2. The van der Waals surface area contributed by atoms with Crippen LogP contribution in [-0.4, -0.2) is 33.3 Å². The highest BCUT2D eigenvalue weighted by Crippen LogP contribution is 2.42. The molecule has 1 aliphatic heterocycles. The maximum atomic E-state index is 13.2. The lowest BCUT2D eigenvalue weighted by atomic mass is 9.90. The molecule has 3 aromatic rings. The number of pyridine rings is 1. The van der Waals surface area contributed by atoms with Gasteiger partial charge in [-0.1, -0.05) is 26.0 Å². The average Bonchev–Trinajstić information content (AvgIpc) is 3.15. The van der Waals surface area contributed by atoms with Crippen molar-refractivity contribution in [1.29, 1.82) is 0 Å². The number of aromatic nitrogens is 3. The molecule has 0 atom stereocenters. The number of benzene rings is 1. The van der Waals surface area contributed by atoms with Crippen LogP contribution in [0.5, 0.6) is 0 Å². The minimum absolute atomic E-state index is 0.0605. The highest BCUT2D eigenvalue weighted by Gasteiger charge is 2.40. The van der Waals surface area contributed by atoms with E-state index in [0.29, 0.717) is 24.9 Å². The Balaban J connectivity index is 1.97. The van der Waals surface area contributed by atoms with Gasteiger partial charge in [0.2, 0.25) is 11.7 Å². The van der Waals surface area contributed by atoms with Crippen LogP contribution >= 0.6 is 0 Å². The van der Waals surface area contributed by atoms with Gasteiger partial charge in [-0.15, -0.1) is 10.2 Å². The Hall–Kier alpha value is -3.09. The number of hydrogen-bond donors (Lipinski definition) is 0. The number of rotatable bonds is 3. The first-order chi connectivity index (χ1) is 12.8. The van der Waals surface area contributed by atoms with Gasteiger partial charge in [-0.3, -0.25) is 14.0 Å². The summed E-state index contributed by atoms with van der Waals surface area (Å²) in [7, 11) is 0. The Morgan fingerprint density at radius 1 is 1.26 bits per heavy atom. The topological polar surface area (TPSA) is 67.6 Å². The van der Waals surface area contributed by atoms with Gasteiger partial charge >= 0.3 is 0 Å². The van der Waals surface area contributed by atoms with E-state index in [1.54, 1.807) is 21.4 Å². The predicted molar refractivity (Wildman–Crippen MR) is 98.6 cm³/mol. The second kappa shape index (κ2) is 5.97. The van der Waals surface area contributed by atoms with Crippen LogP contribution in [0.1, 0.15) is 48.2 Å². The Morgan fingerprint density at radius 3 is 2.59 bits per heavy atom. The molecule has 1 amide bonds. The van der Waals surface area contributed by atoms with Gasteiger partial charge in [-0.25, -0.2) is 4.39 Å². The van der Waals surface area contributed by atoms with E-state index in [9.17, 15) is 14.0 Å². The number of halogens is 1. The molecule has 0 radical (unpaired) electrons. The summed E-state index contributed by atoms with van der Waals surface area (Å²) < 4.78 is 15.0. The summed E-state index contributed by atoms with van der Waals surface area (Å²) in [5.41, 5.74) is 3.57. The summed E-state index contributed by atoms with van der Waals surface area (Å²) in [6.07, 6.45) is 1.16. The average molecular weight is 366 g/mol. The van der Waals surface area contributed by atoms with Crippen LogP contribution in [0, 0.1) is 5.82 Å². The van der Waals surface area contributed by atoms with E-state index in [4.69, 9.17) is 0 Å². The molecule has 3 heterocycles. The minimum atomic E-state index is -0.353. The predicted octanol–water partition coefficient (Wildman–Crippen LogP) is 2.92. The lowest BCUT2D eigenvalue weighted by Crippen LogP contribution is -2.32. The van der Waals surface area contributed by atoms with Crippen molar-refractivity contribution in [1.82, 2.24) is 14.6 Å². The number of carbonyl (C=O) groups excluding carboxylic acids is 2. The van der Waals surface area contributed by atoms with E-state index in [2.05, 4.69) is 10.2 Å². The maximum absolute atomic E-state index is 13.2. The van der Waals surface area contributed by atoms with Gasteiger partial charge in [0.25, 0.3) is 0 Å². The molecule has 27 heavy (non-hydrogen) atoms. The first kappa shape index (κ1) is 17.3. The van der Waals surface area contributed by atoms with Crippen LogP contribution in [-0.2, 0) is 16.6 Å². The third-order valence-electron chi connectivity index (χ3n) is 5.03. The van der Waals surface area contributed by atoms with Crippen molar-refractivity contribution >= 4 is 23.5 Å². The lowest BCUT2D eigenvalue weighted by Gasteiger charge is -2.20. The molecule has 0 spiro atoms. The summed E-state index contributed by atoms with van der Waals surface area (Å²) in [4.78, 5) is 25.5. The van der Waals surface area contributed by atoms with Crippen molar-refractivity contribution < 1.29 is 14.0 Å². The largest absolute Gasteiger partial charge is 0.310 e. The van der Waals surface area contributed by atoms with Gasteiger partial charge in [-0.05, 0) is 23.8 Å². The van der Waals surface area contributed by atoms with E-state index in [-0.39, 0.29) is 23.0 Å². The molecule has 1 aliphatic rings. The Bertz CT molecular complexity index is 1070. The second-order valence-corrected chi connectivity index (χ2v) is 7.53. The fourth-order valence-electron chi connectivity index (χ4n) is 3.86. The number of aldehydes is 1. The van der Waals surface area contributed by atoms with Crippen LogP contribution in [0.25, 0.3) is 5.65 Å². The molecule has 0 unspecified atom stereocenters. The standard InChI is InChI=1S/C20H19FN4O2/c1-12(27)24-11-20(2,3)18-16(24)9-14(8-13-4-6-15(21)7-5-13)19-23-22-17(10-26)25(18)19/h4-7,9-10H,8,11H2,1-3H3. The van der Waals surface area contributed by atoms with Crippen molar-refractivity contribution in [3.63, 3.8) is 0 Å². The minimum Gasteiger partial charge on any atom is -0.310 e. The fourth-order valence-corrected chi connectivity index (χ4v) is 3.86. The molecule has 4 rings (SSSR count). The van der Waals surface area contributed by atoms with E-state index in [1.165, 1.54) is 19.1 Å². The van der Waals surface area contributed by atoms with E-state index >= 15 is 0 Å². The van der Waals surface area contributed by atoms with E-state index in [1.807, 2.05) is 19.9 Å². The van der Waals surface area contributed by atoms with Gasteiger partial charge in [-0.2, -0.15) is 0 Å². The number of anilines is 1. The summed E-state index contributed by atoms with van der Waals surface area (Å²) in [5, 5.41) is 8.24. The summed E-state index contributed by atoms with van der Waals surface area (Å²) >= 11 is 0. The fraction of sp³-hybridized carbons (Fsp3) is 0.300. The molecule has 0 bridgehead atoms. The van der Waals surface area contributed by atoms with Crippen molar-refractivity contribution in [2.24, 2.45) is 0 Å². The van der Waals surface area contributed by atoms with E-state index in [0.717, 1.165) is 22.5 Å². The van der Waals surface area contributed by atoms with Gasteiger partial charge in [0.1, 0.15) is 5.82 Å². The third-order valence-corrected chi connectivity index (χ3v) is 5.03. The van der Waals surface area contributed by atoms with Crippen LogP contribution in [0.2, 0.25) is 0 Å². The second-order valence-electron chi connectivity index (χ2n) is 7.53. The summed E-state index contributed by atoms with van der Waals surface area (Å²) in [6, 6.07) is 8.18. The van der Waals surface area contributed by atoms with Crippen LogP contribution < -0.4 is 4.90 Å². The zero-order valence-electron chi connectivity index (χ0n) is 15.4. The van der Waals surface area contributed by atoms with Crippen molar-refractivity contribution in [2.75, 3.05) is 11.4 Å². The molecule has 1 aromatic carbocycles. The number of fused-ring (bicyclic) bond motifs is 3. The van der Waals surface area contributed by atoms with Gasteiger partial charge in [0.05, 0.1) is 11.4 Å². The Kier molecular flexibility index (Phi) is 3.83. The molecule has 0 saturated carbocycles. The molecule has 0 saturated heterocycles. The van der Waals surface area contributed by atoms with Crippen molar-refractivity contribution in [2.45, 2.75) is 32.6 Å². The maximum Gasteiger partial charge on any atom is 0.223 e. The van der Waals surface area contributed by atoms with Gasteiger partial charge < -0.3 is 4.90 Å². The van der Waals surface area contributed by atoms with E-state index < -0.39 is 0 Å². The molecule has 2 aromatic heterocycles. The highest BCUT2D eigenvalue weighted by molar-refractivity contribution is 5.95. The first-order valence-corrected chi connectivity index (χ1v) is 8.71. The number of nitrogens with zero attached hydrogens (tertiary/aromatic N) is 4. The molecule has 6 nitrogen and oxygen atoms in total. The summed E-state index contributed by atoms with van der Waals surface area (Å²) in [5.74, 6) is -0.150. The Labute approximate surface area is 155 Å². The van der Waals surface area contributed by atoms with Gasteiger partial charge in [0, 0.05) is 30.9 Å². The SMILES string of the molecule is CC(=O)N1CC(C)(C)c2c1cc(Cc1ccc(F)cc1)c1nnc(C=O)n21. The van der Waals surface area contributed by atoms with Gasteiger partial charge in [0.15, 0.2) is 11.9 Å². The Morgan fingerprint density at radius 2 is 1.96 bits per heavy atom. The van der Waals surface area contributed by atoms with Crippen molar-refractivity contribution in [3.05, 3.63) is 58.8 Å². The smallest absolute Gasteiger partial charge is 0.223 e. The van der Waals surface area contributed by atoms with Crippen molar-refractivity contribution in [3.8, 4) is 0 Å². The molecule has 138 valence electrons. The van der Waals surface area contributed by atoms with Crippen LogP contribution in [0.15, 0.2) is 30.3 Å². The monoisotopic (exact) mass is 366 g/mol. The van der Waals surface area contributed by atoms with Crippen LogP contribution in [0.3, 0.4) is 0 Å². The highest BCUT2D eigenvalue weighted by atomic mass is 19.1. The number of amides is 1. The normalized spacial score (nSPS) is 15.2. The molecule has 0 N–H and O–H groups in total. The molecule has 0 aliphatic carbocycles. The number of hydrogen-bond acceptors (Lipinski definition) is 4. The molecule has 7 heteroatoms. The lowest BCUT2D eigenvalue weighted by molar-refractivity contribution is -0.116. The quantitative estimate of drug-likeness (QED) is 0.669. The first-order valence-electron chi connectivity index (χ1n) is 8.71. The number of carbonyl (C=O) groups is 2. The zero-order chi connectivity index (χ0) is 19.3. The molecular weight excluding hydrogens is 347 g/mol. The zero-order valence-corrected chi connectivity index (χ0v) is 15.4. The third kappa shape index (κ3) is 2.70. The molecule has 0 fully saturated rings.